The summed E-state index contributed by atoms with van der Waals surface area (Å²) in [5.41, 5.74) is -0.0876. The van der Waals surface area contributed by atoms with E-state index < -0.39 is 28.9 Å². The van der Waals surface area contributed by atoms with Crippen molar-refractivity contribution in [3.63, 3.8) is 0 Å². The summed E-state index contributed by atoms with van der Waals surface area (Å²) in [7, 11) is 0. The SMILES string of the molecule is N#CC(CC(=O)c1c(F)cccc1F)c1ccc2c(c1)OCO2. The maximum Gasteiger partial charge on any atom is 0.231 e. The molecule has 0 aliphatic carbocycles. The molecule has 116 valence electrons. The molecule has 0 saturated heterocycles. The van der Waals surface area contributed by atoms with Gasteiger partial charge in [-0.25, -0.2) is 8.78 Å². The topological polar surface area (TPSA) is 59.3 Å². The minimum Gasteiger partial charge on any atom is -0.454 e. The molecular weight excluding hydrogens is 304 g/mol. The minimum absolute atomic E-state index is 0.0926. The molecule has 0 saturated carbocycles. The van der Waals surface area contributed by atoms with E-state index in [0.717, 1.165) is 12.1 Å². The van der Waals surface area contributed by atoms with Gasteiger partial charge in [0.25, 0.3) is 0 Å². The first-order chi connectivity index (χ1) is 11.1. The molecule has 1 heterocycles. The van der Waals surface area contributed by atoms with Gasteiger partial charge in [0.15, 0.2) is 17.3 Å². The quantitative estimate of drug-likeness (QED) is 0.809. The van der Waals surface area contributed by atoms with Crippen LogP contribution in [0.1, 0.15) is 28.3 Å². The Bertz CT molecular complexity index is 794. The third kappa shape index (κ3) is 2.86. The van der Waals surface area contributed by atoms with Gasteiger partial charge >= 0.3 is 0 Å². The Morgan fingerprint density at radius 3 is 2.57 bits per heavy atom. The number of ketones is 1. The summed E-state index contributed by atoms with van der Waals surface area (Å²) in [6, 6.07) is 10.1. The van der Waals surface area contributed by atoms with E-state index in [1.54, 1.807) is 18.2 Å². The molecule has 0 radical (unpaired) electrons. The van der Waals surface area contributed by atoms with Crippen LogP contribution >= 0.6 is 0 Å². The maximum atomic E-state index is 13.7. The van der Waals surface area contributed by atoms with E-state index >= 15 is 0 Å². The number of nitriles is 1. The number of carbonyl (C=O) groups excluding carboxylic acids is 1. The number of benzene rings is 2. The lowest BCUT2D eigenvalue weighted by atomic mass is 9.92. The first-order valence-corrected chi connectivity index (χ1v) is 6.86. The summed E-state index contributed by atoms with van der Waals surface area (Å²) in [6.07, 6.45) is -0.325. The van der Waals surface area contributed by atoms with Crippen molar-refractivity contribution in [3.8, 4) is 17.6 Å². The summed E-state index contributed by atoms with van der Waals surface area (Å²) in [4.78, 5) is 12.2. The molecule has 0 bridgehead atoms. The molecule has 0 spiro atoms. The fraction of sp³-hybridized carbons (Fsp3) is 0.176. The molecule has 1 unspecified atom stereocenters. The van der Waals surface area contributed by atoms with E-state index in [1.165, 1.54) is 6.07 Å². The lowest BCUT2D eigenvalue weighted by Crippen LogP contribution is -2.10. The van der Waals surface area contributed by atoms with Gasteiger partial charge in [-0.15, -0.1) is 0 Å². The van der Waals surface area contributed by atoms with Crippen molar-refractivity contribution in [3.05, 3.63) is 59.2 Å². The van der Waals surface area contributed by atoms with Crippen molar-refractivity contribution >= 4 is 5.78 Å². The number of nitrogens with zero attached hydrogens (tertiary/aromatic N) is 1. The average Bonchev–Trinajstić information content (AvgIpc) is 3.00. The highest BCUT2D eigenvalue weighted by Crippen LogP contribution is 2.35. The van der Waals surface area contributed by atoms with Crippen LogP contribution in [0, 0.1) is 23.0 Å². The Kier molecular flexibility index (Phi) is 3.94. The Hall–Kier alpha value is -2.94. The van der Waals surface area contributed by atoms with Crippen LogP contribution in [0.15, 0.2) is 36.4 Å². The van der Waals surface area contributed by atoms with Crippen LogP contribution < -0.4 is 9.47 Å². The fourth-order valence-corrected chi connectivity index (χ4v) is 2.42. The van der Waals surface area contributed by atoms with Gasteiger partial charge in [-0.05, 0) is 29.8 Å². The number of fused-ring (bicyclic) bond motifs is 1. The van der Waals surface area contributed by atoms with Gasteiger partial charge < -0.3 is 9.47 Å². The summed E-state index contributed by atoms with van der Waals surface area (Å²) in [5, 5.41) is 9.30. The normalized spacial score (nSPS) is 13.4. The zero-order valence-corrected chi connectivity index (χ0v) is 11.9. The van der Waals surface area contributed by atoms with Crippen LogP contribution in [0.25, 0.3) is 0 Å². The molecule has 4 nitrogen and oxygen atoms in total. The predicted molar refractivity (Wildman–Crippen MR) is 76.2 cm³/mol. The summed E-state index contributed by atoms with van der Waals surface area (Å²) >= 11 is 0. The smallest absolute Gasteiger partial charge is 0.231 e. The molecule has 1 atom stereocenters. The van der Waals surface area contributed by atoms with Crippen LogP contribution in [0.4, 0.5) is 8.78 Å². The van der Waals surface area contributed by atoms with Crippen molar-refractivity contribution in [1.29, 1.82) is 5.26 Å². The molecule has 2 aromatic carbocycles. The number of Topliss-reactive ketones (excluding diaryl/α,β-unsaturated/α-hetero) is 1. The molecule has 2 aromatic rings. The van der Waals surface area contributed by atoms with Gasteiger partial charge in [0.1, 0.15) is 11.6 Å². The molecule has 0 fully saturated rings. The second-order valence-corrected chi connectivity index (χ2v) is 5.02. The van der Waals surface area contributed by atoms with Crippen LogP contribution in [-0.2, 0) is 0 Å². The Balaban J connectivity index is 1.85. The zero-order valence-electron chi connectivity index (χ0n) is 11.9. The van der Waals surface area contributed by atoms with Gasteiger partial charge in [-0.1, -0.05) is 12.1 Å². The van der Waals surface area contributed by atoms with E-state index in [0.29, 0.717) is 17.1 Å². The minimum atomic E-state index is -0.933. The Labute approximate surface area is 130 Å². The molecule has 3 rings (SSSR count). The molecule has 0 amide bonds. The van der Waals surface area contributed by atoms with Crippen molar-refractivity contribution < 1.29 is 23.0 Å². The Morgan fingerprint density at radius 2 is 1.87 bits per heavy atom. The van der Waals surface area contributed by atoms with Gasteiger partial charge in [0.2, 0.25) is 6.79 Å². The van der Waals surface area contributed by atoms with Gasteiger partial charge in [-0.3, -0.25) is 4.79 Å². The first kappa shape index (κ1) is 15.0. The molecule has 1 aliphatic heterocycles. The zero-order chi connectivity index (χ0) is 16.4. The van der Waals surface area contributed by atoms with Gasteiger partial charge in [0, 0.05) is 6.42 Å². The van der Waals surface area contributed by atoms with Crippen molar-refractivity contribution in [2.24, 2.45) is 0 Å². The molecular formula is C17H11F2NO3. The monoisotopic (exact) mass is 315 g/mol. The average molecular weight is 315 g/mol. The highest BCUT2D eigenvalue weighted by Gasteiger charge is 2.24. The molecule has 1 aliphatic rings. The summed E-state index contributed by atoms with van der Waals surface area (Å²) < 4.78 is 37.7. The van der Waals surface area contributed by atoms with E-state index in [1.807, 2.05) is 6.07 Å². The largest absolute Gasteiger partial charge is 0.454 e. The van der Waals surface area contributed by atoms with Crippen molar-refractivity contribution in [2.45, 2.75) is 12.3 Å². The lowest BCUT2D eigenvalue weighted by molar-refractivity contribution is 0.0971. The number of halogens is 2. The maximum absolute atomic E-state index is 13.7. The lowest BCUT2D eigenvalue weighted by Gasteiger charge is -2.10. The third-order valence-corrected chi connectivity index (χ3v) is 3.59. The Morgan fingerprint density at radius 1 is 1.17 bits per heavy atom. The number of hydrogen-bond acceptors (Lipinski definition) is 4. The van der Waals surface area contributed by atoms with Crippen molar-refractivity contribution in [1.82, 2.24) is 0 Å². The van der Waals surface area contributed by atoms with Gasteiger partial charge in [0.05, 0.1) is 17.6 Å². The summed E-state index contributed by atoms with van der Waals surface area (Å²) in [6.45, 7) is 0.0926. The summed E-state index contributed by atoms with van der Waals surface area (Å²) in [5.74, 6) is -2.43. The highest BCUT2D eigenvalue weighted by atomic mass is 19.1. The number of rotatable bonds is 4. The van der Waals surface area contributed by atoms with Crippen LogP contribution in [-0.4, -0.2) is 12.6 Å². The molecule has 6 heteroatoms. The van der Waals surface area contributed by atoms with E-state index in [9.17, 15) is 18.8 Å². The van der Waals surface area contributed by atoms with Crippen LogP contribution in [0.2, 0.25) is 0 Å². The third-order valence-electron chi connectivity index (χ3n) is 3.59. The number of ether oxygens (including phenoxy) is 2. The fourth-order valence-electron chi connectivity index (χ4n) is 2.42. The molecule has 0 aromatic heterocycles. The number of carbonyl (C=O) groups is 1. The second-order valence-electron chi connectivity index (χ2n) is 5.02. The first-order valence-electron chi connectivity index (χ1n) is 6.86. The second kappa shape index (κ2) is 6.05. The van der Waals surface area contributed by atoms with E-state index in [4.69, 9.17) is 9.47 Å². The standard InChI is InChI=1S/C17H11F2NO3/c18-12-2-1-3-13(19)17(12)14(21)6-11(8-20)10-4-5-15-16(7-10)23-9-22-15/h1-5,7,11H,6,9H2. The van der Waals surface area contributed by atoms with E-state index in [-0.39, 0.29) is 13.2 Å². The molecule has 0 N–H and O–H groups in total. The highest BCUT2D eigenvalue weighted by molar-refractivity contribution is 5.97. The van der Waals surface area contributed by atoms with Gasteiger partial charge in [-0.2, -0.15) is 5.26 Å². The van der Waals surface area contributed by atoms with Crippen LogP contribution in [0.3, 0.4) is 0 Å². The van der Waals surface area contributed by atoms with Crippen LogP contribution in [0.5, 0.6) is 11.5 Å². The van der Waals surface area contributed by atoms with E-state index in [2.05, 4.69) is 0 Å². The number of hydrogen-bond donors (Lipinski definition) is 0. The predicted octanol–water partition coefficient (Wildman–Crippen LogP) is 3.57. The molecule has 23 heavy (non-hydrogen) atoms. The van der Waals surface area contributed by atoms with Crippen molar-refractivity contribution in [2.75, 3.05) is 6.79 Å².